The highest BCUT2D eigenvalue weighted by molar-refractivity contribution is 5.77. The van der Waals surface area contributed by atoms with Crippen molar-refractivity contribution in [3.63, 3.8) is 0 Å². The number of carbonyl (C=O) groups is 1. The molecule has 0 saturated carbocycles. The second kappa shape index (κ2) is 5.32. The molecule has 0 aliphatic heterocycles. The van der Waals surface area contributed by atoms with E-state index in [2.05, 4.69) is 32.6 Å². The summed E-state index contributed by atoms with van der Waals surface area (Å²) in [7, 11) is 0. The number of rotatable bonds is 4. The molecule has 3 rings (SSSR count). The molecule has 104 valence electrons. The van der Waals surface area contributed by atoms with Crippen molar-refractivity contribution in [2.24, 2.45) is 0 Å². The van der Waals surface area contributed by atoms with Crippen LogP contribution in [0.4, 0.5) is 0 Å². The number of nitrogens with one attached hydrogen (secondary N) is 3. The van der Waals surface area contributed by atoms with Gasteiger partial charge in [-0.15, -0.1) is 0 Å². The van der Waals surface area contributed by atoms with Gasteiger partial charge in [-0.2, -0.15) is 5.10 Å². The first-order chi connectivity index (χ1) is 9.72. The molecule has 0 saturated heterocycles. The number of nitrogens with zero attached hydrogens (tertiary/aromatic N) is 1. The van der Waals surface area contributed by atoms with E-state index in [0.29, 0.717) is 18.2 Å². The number of amides is 1. The summed E-state index contributed by atoms with van der Waals surface area (Å²) in [5.74, 6) is 0.718. The Labute approximate surface area is 115 Å². The highest BCUT2D eigenvalue weighted by Crippen LogP contribution is 2.34. The molecule has 0 fully saturated rings. The molecule has 0 spiro atoms. The van der Waals surface area contributed by atoms with Crippen LogP contribution in [-0.2, 0) is 17.8 Å². The Kier molecular flexibility index (Phi) is 3.37. The summed E-state index contributed by atoms with van der Waals surface area (Å²) in [4.78, 5) is 25.3. The van der Waals surface area contributed by atoms with Crippen molar-refractivity contribution in [1.82, 2.24) is 20.5 Å². The van der Waals surface area contributed by atoms with Gasteiger partial charge in [0.2, 0.25) is 5.91 Å². The fourth-order valence-electron chi connectivity index (χ4n) is 2.72. The van der Waals surface area contributed by atoms with E-state index < -0.39 is 0 Å². The third kappa shape index (κ3) is 2.64. The van der Waals surface area contributed by atoms with Gasteiger partial charge in [0.1, 0.15) is 5.82 Å². The molecule has 1 aliphatic rings. The summed E-state index contributed by atoms with van der Waals surface area (Å²) in [5.41, 5.74) is 2.27. The maximum absolute atomic E-state index is 11.9. The highest BCUT2D eigenvalue weighted by Gasteiger charge is 2.24. The molecule has 3 N–H and O–H groups in total. The molecule has 0 radical (unpaired) electrons. The molecule has 20 heavy (non-hydrogen) atoms. The van der Waals surface area contributed by atoms with Gasteiger partial charge < -0.3 is 5.32 Å². The summed E-state index contributed by atoms with van der Waals surface area (Å²) in [6.45, 7) is 0.242. The number of benzene rings is 1. The topological polar surface area (TPSA) is 90.6 Å². The van der Waals surface area contributed by atoms with Gasteiger partial charge in [-0.3, -0.25) is 9.78 Å². The summed E-state index contributed by atoms with van der Waals surface area (Å²) in [5, 5.41) is 8.79. The molecule has 6 heteroatoms. The van der Waals surface area contributed by atoms with Crippen LogP contribution < -0.4 is 11.0 Å². The first kappa shape index (κ1) is 12.7. The molecule has 6 nitrogen and oxygen atoms in total. The molecule has 2 aromatic rings. The first-order valence-corrected chi connectivity index (χ1v) is 6.70. The number of H-pyrrole nitrogens is 2. The lowest BCUT2D eigenvalue weighted by Gasteiger charge is -2.11. The normalized spacial score (nSPS) is 16.9. The smallest absolute Gasteiger partial charge is 0.340 e. The Morgan fingerprint density at radius 3 is 3.05 bits per heavy atom. The fourth-order valence-corrected chi connectivity index (χ4v) is 2.72. The Balaban J connectivity index is 1.56. The van der Waals surface area contributed by atoms with E-state index in [-0.39, 0.29) is 18.1 Å². The molecule has 1 amide bonds. The van der Waals surface area contributed by atoms with Crippen LogP contribution in [0.25, 0.3) is 0 Å². The Hall–Kier alpha value is -2.37. The van der Waals surface area contributed by atoms with Crippen molar-refractivity contribution in [3.8, 4) is 0 Å². The number of hydrogen-bond acceptors (Lipinski definition) is 3. The molecule has 0 bridgehead atoms. The number of carbonyl (C=O) groups excluding carboxylic acids is 1. The molecule has 1 aliphatic carbocycles. The van der Waals surface area contributed by atoms with E-state index in [9.17, 15) is 9.59 Å². The van der Waals surface area contributed by atoms with Gasteiger partial charge in [-0.25, -0.2) is 9.89 Å². The van der Waals surface area contributed by atoms with E-state index in [1.165, 1.54) is 11.1 Å². The van der Waals surface area contributed by atoms with Gasteiger partial charge >= 0.3 is 5.69 Å². The van der Waals surface area contributed by atoms with Crippen LogP contribution in [0.3, 0.4) is 0 Å². The van der Waals surface area contributed by atoms with E-state index in [4.69, 9.17) is 0 Å². The summed E-state index contributed by atoms with van der Waals surface area (Å²) >= 11 is 0. The van der Waals surface area contributed by atoms with E-state index >= 15 is 0 Å². The van der Waals surface area contributed by atoms with Crippen molar-refractivity contribution in [2.45, 2.75) is 31.7 Å². The molecule has 1 heterocycles. The predicted molar refractivity (Wildman–Crippen MR) is 73.2 cm³/mol. The van der Waals surface area contributed by atoms with Crippen molar-refractivity contribution in [1.29, 1.82) is 0 Å². The minimum absolute atomic E-state index is 0.0180. The number of fused-ring (bicyclic) bond motifs is 1. The molecule has 1 atom stereocenters. The van der Waals surface area contributed by atoms with Crippen LogP contribution in [0.5, 0.6) is 0 Å². The lowest BCUT2D eigenvalue weighted by atomic mass is 9.97. The van der Waals surface area contributed by atoms with Crippen molar-refractivity contribution >= 4 is 5.91 Å². The maximum Gasteiger partial charge on any atom is 0.340 e. The van der Waals surface area contributed by atoms with Gasteiger partial charge in [-0.1, -0.05) is 24.3 Å². The number of hydrogen-bond donors (Lipinski definition) is 3. The minimum atomic E-state index is -0.362. The molecular weight excluding hydrogens is 256 g/mol. The maximum atomic E-state index is 11.9. The first-order valence-electron chi connectivity index (χ1n) is 6.70. The quantitative estimate of drug-likeness (QED) is 0.770. The van der Waals surface area contributed by atoms with Crippen LogP contribution in [-0.4, -0.2) is 21.1 Å². The van der Waals surface area contributed by atoms with Crippen LogP contribution >= 0.6 is 0 Å². The van der Waals surface area contributed by atoms with E-state index in [0.717, 1.165) is 12.8 Å². The zero-order valence-electron chi connectivity index (χ0n) is 11.0. The second-order valence-electron chi connectivity index (χ2n) is 5.04. The lowest BCUT2D eigenvalue weighted by molar-refractivity contribution is -0.121. The zero-order valence-corrected chi connectivity index (χ0v) is 11.0. The highest BCUT2D eigenvalue weighted by atomic mass is 16.2. The third-order valence-electron chi connectivity index (χ3n) is 3.69. The third-order valence-corrected chi connectivity index (χ3v) is 3.69. The van der Waals surface area contributed by atoms with Crippen molar-refractivity contribution in [3.05, 3.63) is 51.7 Å². The standard InChI is InChI=1S/C14H16N4O2/c19-13(15-8-12-16-14(20)18-17-12)7-10-6-5-9-3-1-2-4-11(9)10/h1-4,10H,5-8H2,(H,15,19)(H2,16,17,18,20). The second-order valence-corrected chi connectivity index (χ2v) is 5.04. The molecule has 1 unspecified atom stereocenters. The van der Waals surface area contributed by atoms with Gasteiger partial charge in [-0.05, 0) is 29.9 Å². The predicted octanol–water partition coefficient (Wildman–Crippen LogP) is 0.834. The average molecular weight is 272 g/mol. The Morgan fingerprint density at radius 1 is 1.40 bits per heavy atom. The van der Waals surface area contributed by atoms with Crippen molar-refractivity contribution < 1.29 is 4.79 Å². The zero-order chi connectivity index (χ0) is 13.9. The number of aromatic amines is 2. The SMILES string of the molecule is O=C(CC1CCc2ccccc21)NCc1n[nH]c(=O)[nH]1. The average Bonchev–Trinajstić information content (AvgIpc) is 3.04. The molecule has 1 aromatic heterocycles. The van der Waals surface area contributed by atoms with Crippen LogP contribution in [0, 0.1) is 0 Å². The summed E-state index contributed by atoms with van der Waals surface area (Å²) in [6, 6.07) is 8.28. The lowest BCUT2D eigenvalue weighted by Crippen LogP contribution is -2.25. The van der Waals surface area contributed by atoms with E-state index in [1.807, 2.05) is 12.1 Å². The van der Waals surface area contributed by atoms with E-state index in [1.54, 1.807) is 0 Å². The minimum Gasteiger partial charge on any atom is -0.349 e. The fraction of sp³-hybridized carbons (Fsp3) is 0.357. The Bertz CT molecular complexity index is 674. The monoisotopic (exact) mass is 272 g/mol. The van der Waals surface area contributed by atoms with Gasteiger partial charge in [0.25, 0.3) is 0 Å². The largest absolute Gasteiger partial charge is 0.349 e. The van der Waals surface area contributed by atoms with Gasteiger partial charge in [0.05, 0.1) is 6.54 Å². The van der Waals surface area contributed by atoms with Crippen LogP contribution in [0.1, 0.15) is 35.7 Å². The van der Waals surface area contributed by atoms with Gasteiger partial charge in [0.15, 0.2) is 0 Å². The van der Waals surface area contributed by atoms with Crippen LogP contribution in [0.15, 0.2) is 29.1 Å². The summed E-state index contributed by atoms with van der Waals surface area (Å²) in [6.07, 6.45) is 2.54. The number of aromatic nitrogens is 3. The Morgan fingerprint density at radius 2 is 2.25 bits per heavy atom. The van der Waals surface area contributed by atoms with Crippen LogP contribution in [0.2, 0.25) is 0 Å². The van der Waals surface area contributed by atoms with Crippen molar-refractivity contribution in [2.75, 3.05) is 0 Å². The molecular formula is C14H16N4O2. The van der Waals surface area contributed by atoms with Gasteiger partial charge in [0, 0.05) is 6.42 Å². The number of aryl methyl sites for hydroxylation is 1. The molecule has 1 aromatic carbocycles. The summed E-state index contributed by atoms with van der Waals surface area (Å²) < 4.78 is 0.